The van der Waals surface area contributed by atoms with Gasteiger partial charge in [0.15, 0.2) is 17.5 Å². The zero-order valence-electron chi connectivity index (χ0n) is 38.0. The van der Waals surface area contributed by atoms with Gasteiger partial charge in [0.25, 0.3) is 0 Å². The van der Waals surface area contributed by atoms with E-state index in [1.165, 1.54) is 64.3 Å². The van der Waals surface area contributed by atoms with Crippen molar-refractivity contribution in [2.24, 2.45) is 16.7 Å². The van der Waals surface area contributed by atoms with Crippen molar-refractivity contribution in [2.45, 2.75) is 128 Å². The van der Waals surface area contributed by atoms with Gasteiger partial charge in [0.1, 0.15) is 47.8 Å². The summed E-state index contributed by atoms with van der Waals surface area (Å²) in [5, 5.41) is 28.0. The molecule has 11 atom stereocenters. The monoisotopic (exact) mass is 893 g/mol. The van der Waals surface area contributed by atoms with E-state index in [1.807, 2.05) is 0 Å². The second-order valence-electron chi connectivity index (χ2n) is 18.9. The fourth-order valence-electron chi connectivity index (χ4n) is 10.00. The second kappa shape index (κ2) is 17.5. The number of nitrogens with zero attached hydrogens (tertiary/aromatic N) is 2. The first-order valence-corrected chi connectivity index (χ1v) is 21.1. The van der Waals surface area contributed by atoms with Gasteiger partial charge in [-0.15, -0.1) is 0 Å². The Labute approximate surface area is 371 Å². The Kier molecular flexibility index (Phi) is 13.1. The van der Waals surface area contributed by atoms with Gasteiger partial charge in [-0.2, -0.15) is 0 Å². The average molecular weight is 894 g/mol. The molecule has 2 amide bonds. The largest absolute Gasteiger partial charge is 0.456 e. The van der Waals surface area contributed by atoms with E-state index in [9.17, 15) is 34.2 Å². The van der Waals surface area contributed by atoms with Crippen LogP contribution in [-0.2, 0) is 47.5 Å². The van der Waals surface area contributed by atoms with Crippen LogP contribution in [0.2, 0.25) is 0 Å². The number of ether oxygens (including phenoxy) is 7. The quantitative estimate of drug-likeness (QED) is 0.174. The first-order valence-electron chi connectivity index (χ1n) is 21.1. The summed E-state index contributed by atoms with van der Waals surface area (Å²) < 4.78 is 42.4. The molecule has 1 aromatic carbocycles. The maximum atomic E-state index is 15.8. The van der Waals surface area contributed by atoms with Crippen molar-refractivity contribution in [3.63, 3.8) is 0 Å². The van der Waals surface area contributed by atoms with Gasteiger partial charge in [0.05, 0.1) is 29.2 Å². The summed E-state index contributed by atoms with van der Waals surface area (Å²) in [5.74, 6) is -5.12. The minimum atomic E-state index is -2.35. The number of aliphatic hydroxyl groups excluding tert-OH is 1. The number of amides is 2. The number of Topliss-reactive ketones (excluding diaryl/α,β-unsaturated/α-hetero) is 1. The molecule has 1 aromatic heterocycles. The lowest BCUT2D eigenvalue weighted by atomic mass is 9.44. The van der Waals surface area contributed by atoms with Crippen LogP contribution in [0.15, 0.2) is 65.9 Å². The van der Waals surface area contributed by atoms with E-state index < -0.39 is 119 Å². The zero-order chi connectivity index (χ0) is 47.3. The van der Waals surface area contributed by atoms with Gasteiger partial charge < -0.3 is 53.6 Å². The summed E-state index contributed by atoms with van der Waals surface area (Å²) in [6.45, 7) is 12.2. The van der Waals surface area contributed by atoms with Crippen LogP contribution in [0.4, 0.5) is 9.59 Å². The van der Waals surface area contributed by atoms with Gasteiger partial charge in [0.2, 0.25) is 0 Å². The lowest BCUT2D eigenvalue weighted by Crippen LogP contribution is -2.82. The van der Waals surface area contributed by atoms with Crippen molar-refractivity contribution in [2.75, 3.05) is 27.8 Å². The maximum Gasteiger partial charge on any atom is 0.409 e. The topological polar surface area (TPSA) is 236 Å². The van der Waals surface area contributed by atoms with Crippen LogP contribution in [-0.4, -0.2) is 137 Å². The highest BCUT2D eigenvalue weighted by Gasteiger charge is 2.79. The Morgan fingerprint density at radius 3 is 2.19 bits per heavy atom. The summed E-state index contributed by atoms with van der Waals surface area (Å²) in [5.41, 5.74) is -7.96. The summed E-state index contributed by atoms with van der Waals surface area (Å²) in [7, 11) is 4.21. The first-order chi connectivity index (χ1) is 29.8. The van der Waals surface area contributed by atoms with Crippen LogP contribution in [0, 0.1) is 16.7 Å². The predicted octanol–water partition coefficient (Wildman–Crippen LogP) is 4.01. The molecule has 4 aliphatic rings. The maximum absolute atomic E-state index is 15.8. The molecule has 6 rings (SSSR count). The average Bonchev–Trinajstić information content (AvgIpc) is 3.22. The molecule has 18 nitrogen and oxygen atoms in total. The van der Waals surface area contributed by atoms with Crippen LogP contribution in [0.25, 0.3) is 0 Å². The Hall–Kier alpha value is -5.43. The van der Waals surface area contributed by atoms with Gasteiger partial charge in [-0.25, -0.2) is 19.2 Å². The number of aliphatic hydroxyl groups is 2. The molecule has 3 N–H and O–H groups in total. The fraction of sp³-hybridized carbons (Fsp3) is 0.587. The number of hydrogen-bond donors (Lipinski definition) is 3. The molecule has 348 valence electrons. The lowest BCUT2D eigenvalue weighted by molar-refractivity contribution is -0.345. The van der Waals surface area contributed by atoms with E-state index in [0.717, 1.165) is 0 Å². The lowest BCUT2D eigenvalue weighted by Gasteiger charge is -2.67. The van der Waals surface area contributed by atoms with Crippen LogP contribution in [0.3, 0.4) is 0 Å². The molecule has 1 aliphatic heterocycles. The van der Waals surface area contributed by atoms with E-state index in [-0.39, 0.29) is 35.4 Å². The van der Waals surface area contributed by atoms with Crippen LogP contribution < -0.4 is 5.32 Å². The highest BCUT2D eigenvalue weighted by molar-refractivity contribution is 5.94. The molecule has 2 heterocycles. The number of hydrogen-bond acceptors (Lipinski definition) is 16. The number of benzene rings is 1. The number of esters is 3. The Balaban J connectivity index is 1.55. The number of alkyl carbamates (subject to hydrolysis) is 1. The van der Waals surface area contributed by atoms with Gasteiger partial charge in [0, 0.05) is 52.6 Å². The second-order valence-corrected chi connectivity index (χ2v) is 18.9. The molecular formula is C46H59N3O15. The van der Waals surface area contributed by atoms with E-state index in [1.54, 1.807) is 71.9 Å². The van der Waals surface area contributed by atoms with Crippen molar-refractivity contribution in [3.05, 3.63) is 77.1 Å². The summed E-state index contributed by atoms with van der Waals surface area (Å²) >= 11 is 0. The minimum absolute atomic E-state index is 0.0787. The van der Waals surface area contributed by atoms with Crippen molar-refractivity contribution in [1.29, 1.82) is 0 Å². The number of carbonyl (C=O) groups excluding carboxylic acids is 6. The van der Waals surface area contributed by atoms with Crippen molar-refractivity contribution >= 4 is 35.9 Å². The Morgan fingerprint density at radius 2 is 1.64 bits per heavy atom. The van der Waals surface area contributed by atoms with Gasteiger partial charge in [-0.1, -0.05) is 38.1 Å². The minimum Gasteiger partial charge on any atom is -0.456 e. The molecule has 64 heavy (non-hydrogen) atoms. The number of aromatic nitrogens is 1. The number of methoxy groups -OCH3 is 1. The molecule has 3 fully saturated rings. The standard InChI is InChI=1S/C46H59N3O15/c1-24-28(60-39(54)33(51)32(27-19-15-16-20-47-27)48-40(55)64-42(3,4)5)22-46(57)37(62-38(53)26-17-13-12-14-18-26)35-44(8,36(52)34(58-11)31(24)43(46,6)7)29(61-41(56)49(9)10)21-30-45(35,23-59-30)63-25(2)50/h12-20,28-30,32-35,37,51,57H,21-23H2,1-11H3,(H,48,55)/t28-,29-,30+,32-,33+,34+,35-,37-,44+,45-,46?/m0/s1. The van der Waals surface area contributed by atoms with Gasteiger partial charge in [-0.3, -0.25) is 14.6 Å². The number of pyridine rings is 1. The van der Waals surface area contributed by atoms with Crippen LogP contribution in [0.1, 0.15) is 90.3 Å². The van der Waals surface area contributed by atoms with Crippen LogP contribution >= 0.6 is 0 Å². The predicted molar refractivity (Wildman–Crippen MR) is 224 cm³/mol. The van der Waals surface area contributed by atoms with E-state index in [0.29, 0.717) is 0 Å². The number of rotatable bonds is 10. The molecule has 0 spiro atoms. The van der Waals surface area contributed by atoms with E-state index in [2.05, 4.69) is 10.3 Å². The molecule has 3 aliphatic carbocycles. The molecule has 2 aromatic rings. The van der Waals surface area contributed by atoms with Crippen LogP contribution in [0.5, 0.6) is 0 Å². The number of ketones is 1. The third-order valence-electron chi connectivity index (χ3n) is 13.2. The molecule has 2 saturated carbocycles. The third-order valence-corrected chi connectivity index (χ3v) is 13.2. The SMILES string of the molecule is CO[C@H]1C(=O)[C@]2(C)[C@@H](OC(=O)N(C)C)C[C@H]3OC[C@@]3(OC(C)=O)[C@H]2[C@H](OC(=O)c2ccccc2)C2(O)C[C@H](OC(=O)[C@H](O)[C@@H](NC(=O)OC(C)(C)C)c3ccccn3)C(C)=C1C2(C)C. The van der Waals surface area contributed by atoms with E-state index >= 15 is 4.79 Å². The number of fused-ring (bicyclic) bond motifs is 5. The van der Waals surface area contributed by atoms with Gasteiger partial charge >= 0.3 is 30.1 Å². The highest BCUT2D eigenvalue weighted by Crippen LogP contribution is 2.65. The summed E-state index contributed by atoms with van der Waals surface area (Å²) in [6, 6.07) is 11.1. The molecular weight excluding hydrogens is 835 g/mol. The van der Waals surface area contributed by atoms with Crippen molar-refractivity contribution in [1.82, 2.24) is 15.2 Å². The summed E-state index contributed by atoms with van der Waals surface area (Å²) in [4.78, 5) is 89.5. The Morgan fingerprint density at radius 1 is 0.984 bits per heavy atom. The van der Waals surface area contributed by atoms with E-state index in [4.69, 9.17) is 33.2 Å². The highest BCUT2D eigenvalue weighted by atomic mass is 16.6. The van der Waals surface area contributed by atoms with Crippen molar-refractivity contribution in [3.8, 4) is 0 Å². The Bertz CT molecular complexity index is 2170. The zero-order valence-corrected chi connectivity index (χ0v) is 38.0. The normalized spacial score (nSPS) is 31.5. The first kappa shape index (κ1) is 48.0. The number of carbonyl (C=O) groups is 6. The van der Waals surface area contributed by atoms with Crippen molar-refractivity contribution < 1.29 is 72.1 Å². The molecule has 18 heteroatoms. The molecule has 1 saturated heterocycles. The number of nitrogens with one attached hydrogen (secondary N) is 1. The van der Waals surface area contributed by atoms with Gasteiger partial charge in [-0.05, 0) is 70.0 Å². The molecule has 0 radical (unpaired) electrons. The molecule has 1 unspecified atom stereocenters. The third kappa shape index (κ3) is 8.36. The summed E-state index contributed by atoms with van der Waals surface area (Å²) in [6.07, 6.45) is -10.2. The smallest absolute Gasteiger partial charge is 0.409 e. The fourth-order valence-corrected chi connectivity index (χ4v) is 10.00. The molecule has 2 bridgehead atoms.